The first-order valence-corrected chi connectivity index (χ1v) is 9.60. The molecule has 1 aromatic carbocycles. The van der Waals surface area contributed by atoms with Crippen molar-refractivity contribution in [3.8, 4) is 5.69 Å². The topological polar surface area (TPSA) is 52.7 Å². The second-order valence-corrected chi connectivity index (χ2v) is 7.38. The van der Waals surface area contributed by atoms with Gasteiger partial charge in [-0.25, -0.2) is 9.37 Å². The molecule has 29 heavy (non-hydrogen) atoms. The van der Waals surface area contributed by atoms with Gasteiger partial charge in [-0.3, -0.25) is 9.36 Å². The maximum absolute atomic E-state index is 13.5. The number of nitrogens with zero attached hydrogens (tertiary/aromatic N) is 4. The molecule has 0 saturated heterocycles. The summed E-state index contributed by atoms with van der Waals surface area (Å²) in [4.78, 5) is 21.0. The van der Waals surface area contributed by atoms with Crippen molar-refractivity contribution in [3.63, 3.8) is 0 Å². The monoisotopic (exact) mass is 408 g/mol. The van der Waals surface area contributed by atoms with Crippen molar-refractivity contribution in [3.05, 3.63) is 52.6 Å². The highest BCUT2D eigenvalue weighted by Gasteiger charge is 2.42. The van der Waals surface area contributed by atoms with Crippen LogP contribution in [0.5, 0.6) is 0 Å². The molecule has 1 saturated carbocycles. The van der Waals surface area contributed by atoms with Crippen molar-refractivity contribution in [2.75, 3.05) is 0 Å². The first-order chi connectivity index (χ1) is 13.8. The lowest BCUT2D eigenvalue weighted by Crippen LogP contribution is -2.29. The van der Waals surface area contributed by atoms with Crippen LogP contribution in [-0.4, -0.2) is 25.3 Å². The number of benzene rings is 1. The van der Waals surface area contributed by atoms with E-state index in [9.17, 15) is 22.4 Å². The van der Waals surface area contributed by atoms with Crippen LogP contribution < -0.4 is 5.56 Å². The number of hydrogen-bond donors (Lipinski definition) is 0. The smallest absolute Gasteiger partial charge is 0.316 e. The fourth-order valence-corrected chi connectivity index (χ4v) is 4.11. The minimum Gasteiger partial charge on any atom is -0.316 e. The maximum Gasteiger partial charge on any atom is 0.391 e. The summed E-state index contributed by atoms with van der Waals surface area (Å²) in [6.45, 7) is 2.44. The maximum atomic E-state index is 13.5. The lowest BCUT2D eigenvalue weighted by molar-refractivity contribution is -0.182. The largest absolute Gasteiger partial charge is 0.391 e. The van der Waals surface area contributed by atoms with Crippen LogP contribution in [0.2, 0.25) is 0 Å². The van der Waals surface area contributed by atoms with Crippen LogP contribution in [0.25, 0.3) is 16.9 Å². The SMILES string of the molecule is CCn1cnc2c(=O)nc(C3CCC(C(F)(F)F)CC3)n(-c3ccc(F)cc3)c21. The predicted molar refractivity (Wildman–Crippen MR) is 99.5 cm³/mol. The van der Waals surface area contributed by atoms with Crippen molar-refractivity contribution in [2.45, 2.75) is 51.2 Å². The lowest BCUT2D eigenvalue weighted by Gasteiger charge is -2.30. The molecule has 0 radical (unpaired) electrons. The zero-order chi connectivity index (χ0) is 20.8. The van der Waals surface area contributed by atoms with Gasteiger partial charge in [0.05, 0.1) is 12.2 Å². The van der Waals surface area contributed by atoms with Crippen LogP contribution in [0, 0.1) is 11.7 Å². The molecule has 1 aliphatic rings. The third kappa shape index (κ3) is 3.54. The van der Waals surface area contributed by atoms with E-state index in [2.05, 4.69) is 9.97 Å². The zero-order valence-electron chi connectivity index (χ0n) is 15.8. The summed E-state index contributed by atoms with van der Waals surface area (Å²) >= 11 is 0. The second kappa shape index (κ2) is 7.27. The summed E-state index contributed by atoms with van der Waals surface area (Å²) in [6, 6.07) is 5.74. The molecule has 0 unspecified atom stereocenters. The molecule has 2 heterocycles. The molecule has 2 aromatic heterocycles. The van der Waals surface area contributed by atoms with Crippen molar-refractivity contribution >= 4 is 11.2 Å². The Labute approximate surface area is 164 Å². The number of alkyl halides is 3. The van der Waals surface area contributed by atoms with Gasteiger partial charge >= 0.3 is 11.7 Å². The molecule has 3 aromatic rings. The van der Waals surface area contributed by atoms with Gasteiger partial charge in [0.2, 0.25) is 0 Å². The molecule has 0 N–H and O–H groups in total. The zero-order valence-corrected chi connectivity index (χ0v) is 15.8. The quantitative estimate of drug-likeness (QED) is 0.597. The van der Waals surface area contributed by atoms with Crippen LogP contribution in [0.15, 0.2) is 35.4 Å². The number of hydrogen-bond acceptors (Lipinski definition) is 3. The number of aromatic nitrogens is 4. The summed E-state index contributed by atoms with van der Waals surface area (Å²) in [5.41, 5.74) is 0.793. The van der Waals surface area contributed by atoms with Crippen LogP contribution in [-0.2, 0) is 6.54 Å². The predicted octanol–water partition coefficient (Wildman–Crippen LogP) is 4.58. The molecular formula is C20H20F4N4O. The molecule has 0 bridgehead atoms. The fraction of sp³-hybridized carbons (Fsp3) is 0.450. The van der Waals surface area contributed by atoms with Crippen LogP contribution in [0.1, 0.15) is 44.3 Å². The highest BCUT2D eigenvalue weighted by atomic mass is 19.4. The van der Waals surface area contributed by atoms with E-state index in [4.69, 9.17) is 0 Å². The minimum atomic E-state index is -4.21. The first kappa shape index (κ1) is 19.6. The van der Waals surface area contributed by atoms with Gasteiger partial charge in [0.15, 0.2) is 11.2 Å². The molecule has 0 spiro atoms. The number of aryl methyl sites for hydroxylation is 1. The molecule has 5 nitrogen and oxygen atoms in total. The average Bonchev–Trinajstić information content (AvgIpc) is 3.13. The lowest BCUT2D eigenvalue weighted by atomic mass is 9.81. The van der Waals surface area contributed by atoms with Gasteiger partial charge in [0.25, 0.3) is 0 Å². The number of halogens is 4. The van der Waals surface area contributed by atoms with Crippen molar-refractivity contribution in [1.82, 2.24) is 19.1 Å². The second-order valence-electron chi connectivity index (χ2n) is 7.38. The molecule has 1 aliphatic carbocycles. The van der Waals surface area contributed by atoms with E-state index >= 15 is 0 Å². The molecule has 4 rings (SSSR count). The van der Waals surface area contributed by atoms with Gasteiger partial charge in [0.1, 0.15) is 11.6 Å². The standard InChI is InChI=1S/C20H20F4N4O/c1-2-27-11-25-16-18(29)26-17(12-3-5-13(6-4-12)20(22,23)24)28(19(16)27)15-9-7-14(21)8-10-15/h7-13H,2-6H2,1H3. The molecule has 1 fully saturated rings. The van der Waals surface area contributed by atoms with E-state index in [1.807, 2.05) is 6.92 Å². The average molecular weight is 408 g/mol. The van der Waals surface area contributed by atoms with E-state index < -0.39 is 23.5 Å². The molecular weight excluding hydrogens is 388 g/mol. The van der Waals surface area contributed by atoms with Gasteiger partial charge < -0.3 is 4.57 Å². The Morgan fingerprint density at radius 3 is 2.34 bits per heavy atom. The van der Waals surface area contributed by atoms with E-state index in [0.717, 1.165) is 0 Å². The van der Waals surface area contributed by atoms with Gasteiger partial charge in [0, 0.05) is 18.2 Å². The van der Waals surface area contributed by atoms with Crippen molar-refractivity contribution < 1.29 is 17.6 Å². The third-order valence-electron chi connectivity index (χ3n) is 5.65. The summed E-state index contributed by atoms with van der Waals surface area (Å²) in [5.74, 6) is -1.62. The molecule has 0 atom stereocenters. The normalized spacial score (nSPS) is 20.3. The van der Waals surface area contributed by atoms with Crippen molar-refractivity contribution in [2.24, 2.45) is 5.92 Å². The summed E-state index contributed by atoms with van der Waals surface area (Å²) in [7, 11) is 0. The van der Waals surface area contributed by atoms with Gasteiger partial charge in [-0.05, 0) is 56.9 Å². The van der Waals surface area contributed by atoms with E-state index in [0.29, 0.717) is 23.7 Å². The third-order valence-corrected chi connectivity index (χ3v) is 5.65. The Bertz CT molecular complexity index is 1080. The summed E-state index contributed by atoms with van der Waals surface area (Å²) in [5, 5.41) is 0. The Kier molecular flexibility index (Phi) is 4.92. The number of imidazole rings is 1. The number of fused-ring (bicyclic) bond motifs is 1. The van der Waals surface area contributed by atoms with E-state index in [1.54, 1.807) is 21.3 Å². The van der Waals surface area contributed by atoms with E-state index in [-0.39, 0.29) is 37.1 Å². The molecule has 0 aliphatic heterocycles. The summed E-state index contributed by atoms with van der Waals surface area (Å²) in [6.07, 6.45) is -2.11. The fourth-order valence-electron chi connectivity index (χ4n) is 4.11. The van der Waals surface area contributed by atoms with Gasteiger partial charge in [-0.2, -0.15) is 18.2 Å². The molecule has 0 amide bonds. The highest BCUT2D eigenvalue weighted by Crippen LogP contribution is 2.43. The van der Waals surface area contributed by atoms with Crippen LogP contribution in [0.4, 0.5) is 17.6 Å². The summed E-state index contributed by atoms with van der Waals surface area (Å²) < 4.78 is 56.2. The van der Waals surface area contributed by atoms with E-state index in [1.165, 1.54) is 18.5 Å². The molecule has 9 heteroatoms. The highest BCUT2D eigenvalue weighted by molar-refractivity contribution is 5.73. The Balaban J connectivity index is 1.87. The minimum absolute atomic E-state index is 0.00146. The Hall–Kier alpha value is -2.71. The Morgan fingerprint density at radius 1 is 1.10 bits per heavy atom. The van der Waals surface area contributed by atoms with Gasteiger partial charge in [-0.1, -0.05) is 0 Å². The molecule has 154 valence electrons. The van der Waals surface area contributed by atoms with Gasteiger partial charge in [-0.15, -0.1) is 0 Å². The van der Waals surface area contributed by atoms with Crippen molar-refractivity contribution in [1.29, 1.82) is 0 Å². The van der Waals surface area contributed by atoms with Crippen LogP contribution >= 0.6 is 0 Å². The number of rotatable bonds is 3. The Morgan fingerprint density at radius 2 is 1.76 bits per heavy atom. The van der Waals surface area contributed by atoms with Crippen LogP contribution in [0.3, 0.4) is 0 Å². The first-order valence-electron chi connectivity index (χ1n) is 9.60.